The smallest absolute Gasteiger partial charge is 0.236 e. The first kappa shape index (κ1) is 18.9. The third kappa shape index (κ3) is 6.14. The van der Waals surface area contributed by atoms with E-state index in [9.17, 15) is 4.79 Å². The number of amides is 1. The van der Waals surface area contributed by atoms with Gasteiger partial charge in [-0.3, -0.25) is 4.79 Å². The van der Waals surface area contributed by atoms with E-state index >= 15 is 0 Å². The van der Waals surface area contributed by atoms with Crippen LogP contribution in [0.5, 0.6) is 5.75 Å². The predicted molar refractivity (Wildman–Crippen MR) is 107 cm³/mol. The van der Waals surface area contributed by atoms with E-state index in [-0.39, 0.29) is 5.91 Å². The molecule has 1 aromatic carbocycles. The number of rotatable bonds is 8. The van der Waals surface area contributed by atoms with Crippen molar-refractivity contribution in [3.8, 4) is 5.75 Å². The Hall–Kier alpha value is -1.86. The van der Waals surface area contributed by atoms with Gasteiger partial charge < -0.3 is 15.0 Å². The van der Waals surface area contributed by atoms with Crippen molar-refractivity contribution in [3.05, 3.63) is 29.8 Å². The van der Waals surface area contributed by atoms with Crippen LogP contribution >= 0.6 is 11.8 Å². The van der Waals surface area contributed by atoms with Gasteiger partial charge in [-0.15, -0.1) is 5.10 Å². The summed E-state index contributed by atoms with van der Waals surface area (Å²) < 4.78 is 5.93. The molecule has 2 aliphatic rings. The van der Waals surface area contributed by atoms with Gasteiger partial charge in [-0.2, -0.15) is 5.10 Å². The molecule has 0 unspecified atom stereocenters. The van der Waals surface area contributed by atoms with E-state index in [1.54, 1.807) is 6.21 Å². The molecule has 0 aliphatic carbocycles. The number of benzene rings is 1. The summed E-state index contributed by atoms with van der Waals surface area (Å²) in [6, 6.07) is 7.81. The van der Waals surface area contributed by atoms with E-state index < -0.39 is 0 Å². The fourth-order valence-corrected chi connectivity index (χ4v) is 3.67. The van der Waals surface area contributed by atoms with Crippen LogP contribution in [0.15, 0.2) is 34.5 Å². The van der Waals surface area contributed by atoms with Gasteiger partial charge in [-0.25, -0.2) is 0 Å². The summed E-state index contributed by atoms with van der Waals surface area (Å²) in [6.07, 6.45) is 7.95. The van der Waals surface area contributed by atoms with Gasteiger partial charge in [0, 0.05) is 5.56 Å². The molecule has 0 saturated carbocycles. The van der Waals surface area contributed by atoms with Gasteiger partial charge in [0.05, 0.1) is 18.6 Å². The lowest BCUT2D eigenvalue weighted by Crippen LogP contribution is -2.30. The molecule has 140 valence electrons. The van der Waals surface area contributed by atoms with E-state index in [4.69, 9.17) is 4.74 Å². The number of likely N-dealkylation sites (tertiary alicyclic amines) is 1. The van der Waals surface area contributed by atoms with Crippen LogP contribution in [-0.4, -0.2) is 54.2 Å². The van der Waals surface area contributed by atoms with Crippen molar-refractivity contribution >= 4 is 29.1 Å². The van der Waals surface area contributed by atoms with Crippen LogP contribution in [-0.2, 0) is 4.79 Å². The summed E-state index contributed by atoms with van der Waals surface area (Å²) in [4.78, 5) is 13.7. The molecule has 0 radical (unpaired) electrons. The molecule has 1 amide bonds. The molecule has 1 aromatic rings. The van der Waals surface area contributed by atoms with Crippen LogP contribution in [0.1, 0.15) is 37.7 Å². The summed E-state index contributed by atoms with van der Waals surface area (Å²) in [5.74, 6) is 1.20. The van der Waals surface area contributed by atoms with Crippen LogP contribution in [0.3, 0.4) is 0 Å². The average Bonchev–Trinajstić information content (AvgIpc) is 3.08. The highest BCUT2D eigenvalue weighted by Gasteiger charge is 2.16. The van der Waals surface area contributed by atoms with E-state index in [0.717, 1.165) is 17.7 Å². The summed E-state index contributed by atoms with van der Waals surface area (Å²) in [5.41, 5.74) is 0.891. The van der Waals surface area contributed by atoms with Gasteiger partial charge in [0.2, 0.25) is 5.91 Å². The van der Waals surface area contributed by atoms with Crippen LogP contribution < -0.4 is 10.1 Å². The minimum Gasteiger partial charge on any atom is -0.493 e. The van der Waals surface area contributed by atoms with Crippen LogP contribution in [0.2, 0.25) is 0 Å². The second-order valence-electron chi connectivity index (χ2n) is 6.48. The number of amidine groups is 1. The van der Waals surface area contributed by atoms with Crippen LogP contribution in [0, 0.1) is 0 Å². The Bertz CT molecular complexity index is 657. The SMILES string of the molecule is O=C1CSC(=NN=Cc2ccccc2OCCCCN2CCCCC2)N1. The number of nitrogens with zero attached hydrogens (tertiary/aromatic N) is 3. The van der Waals surface area contributed by atoms with E-state index in [0.29, 0.717) is 17.5 Å². The molecule has 26 heavy (non-hydrogen) atoms. The second kappa shape index (κ2) is 10.3. The van der Waals surface area contributed by atoms with Crippen molar-refractivity contribution in [2.75, 3.05) is 32.0 Å². The number of hydrogen-bond donors (Lipinski definition) is 1. The topological polar surface area (TPSA) is 66.3 Å². The fourth-order valence-electron chi connectivity index (χ4n) is 3.04. The molecule has 0 bridgehead atoms. The van der Waals surface area contributed by atoms with Crippen LogP contribution in [0.4, 0.5) is 0 Å². The van der Waals surface area contributed by atoms with Crippen molar-refractivity contribution in [1.82, 2.24) is 10.2 Å². The third-order valence-electron chi connectivity index (χ3n) is 4.43. The Morgan fingerprint density at radius 2 is 2.04 bits per heavy atom. The highest BCUT2D eigenvalue weighted by molar-refractivity contribution is 8.15. The van der Waals surface area contributed by atoms with Crippen molar-refractivity contribution in [3.63, 3.8) is 0 Å². The van der Waals surface area contributed by atoms with Gasteiger partial charge in [0.15, 0.2) is 5.17 Å². The molecule has 2 fully saturated rings. The first-order valence-electron chi connectivity index (χ1n) is 9.29. The highest BCUT2D eigenvalue weighted by atomic mass is 32.2. The number of thioether (sulfide) groups is 1. The van der Waals surface area contributed by atoms with Gasteiger partial charge in [-0.05, 0) is 57.5 Å². The van der Waals surface area contributed by atoms with Crippen molar-refractivity contribution in [2.24, 2.45) is 10.2 Å². The Kier molecular flexibility index (Phi) is 7.51. The Labute approximate surface area is 159 Å². The second-order valence-corrected chi connectivity index (χ2v) is 7.45. The Balaban J connectivity index is 1.42. The largest absolute Gasteiger partial charge is 0.493 e. The predicted octanol–water partition coefficient (Wildman–Crippen LogP) is 2.88. The normalized spacial score (nSPS) is 20.0. The fraction of sp³-hybridized carbons (Fsp3) is 0.526. The first-order valence-corrected chi connectivity index (χ1v) is 10.3. The lowest BCUT2D eigenvalue weighted by molar-refractivity contribution is -0.116. The number of ether oxygens (including phenoxy) is 1. The Morgan fingerprint density at radius 1 is 1.19 bits per heavy atom. The third-order valence-corrected chi connectivity index (χ3v) is 5.29. The summed E-state index contributed by atoms with van der Waals surface area (Å²) in [7, 11) is 0. The number of hydrogen-bond acceptors (Lipinski definition) is 6. The number of para-hydroxylation sites is 1. The molecule has 2 saturated heterocycles. The average molecular weight is 375 g/mol. The van der Waals surface area contributed by atoms with Gasteiger partial charge in [-0.1, -0.05) is 30.3 Å². The first-order chi connectivity index (χ1) is 12.8. The number of carbonyl (C=O) groups excluding carboxylic acids is 1. The van der Waals surface area contributed by atoms with E-state index in [1.165, 1.54) is 57.1 Å². The summed E-state index contributed by atoms with van der Waals surface area (Å²) in [5, 5.41) is 11.3. The molecule has 2 aliphatic heterocycles. The van der Waals surface area contributed by atoms with Crippen molar-refractivity contribution in [1.29, 1.82) is 0 Å². The summed E-state index contributed by atoms with van der Waals surface area (Å²) >= 11 is 1.36. The quantitative estimate of drug-likeness (QED) is 0.432. The minimum atomic E-state index is -0.0303. The van der Waals surface area contributed by atoms with E-state index in [2.05, 4.69) is 20.4 Å². The maximum absolute atomic E-state index is 11.1. The van der Waals surface area contributed by atoms with Gasteiger partial charge in [0.25, 0.3) is 0 Å². The van der Waals surface area contributed by atoms with Crippen molar-refractivity contribution in [2.45, 2.75) is 32.1 Å². The van der Waals surface area contributed by atoms with Gasteiger partial charge in [0.1, 0.15) is 5.75 Å². The zero-order chi connectivity index (χ0) is 18.0. The van der Waals surface area contributed by atoms with Crippen molar-refractivity contribution < 1.29 is 9.53 Å². The standard InChI is InChI=1S/C19H26N4O2S/c24-18-15-26-19(21-18)22-20-14-16-8-2-3-9-17(16)25-13-7-6-12-23-10-4-1-5-11-23/h2-3,8-9,14H,1,4-7,10-13,15H2,(H,21,22,24). The maximum Gasteiger partial charge on any atom is 0.236 e. The zero-order valence-corrected chi connectivity index (χ0v) is 15.8. The number of nitrogens with one attached hydrogen (secondary N) is 1. The molecule has 2 heterocycles. The lowest BCUT2D eigenvalue weighted by atomic mass is 10.1. The molecular weight excluding hydrogens is 348 g/mol. The minimum absolute atomic E-state index is 0.0303. The molecule has 7 heteroatoms. The molecule has 0 aromatic heterocycles. The monoisotopic (exact) mass is 374 g/mol. The highest BCUT2D eigenvalue weighted by Crippen LogP contribution is 2.17. The molecule has 3 rings (SSSR count). The molecule has 1 N–H and O–H groups in total. The van der Waals surface area contributed by atoms with Crippen LogP contribution in [0.25, 0.3) is 0 Å². The van der Waals surface area contributed by atoms with Gasteiger partial charge >= 0.3 is 0 Å². The lowest BCUT2D eigenvalue weighted by Gasteiger charge is -2.26. The molecule has 6 nitrogen and oxygen atoms in total. The molecule has 0 atom stereocenters. The molecule has 0 spiro atoms. The van der Waals surface area contributed by atoms with E-state index in [1.807, 2.05) is 24.3 Å². The number of piperidine rings is 1. The maximum atomic E-state index is 11.1. The number of carbonyl (C=O) groups is 1. The number of unbranched alkanes of at least 4 members (excludes halogenated alkanes) is 1. The summed E-state index contributed by atoms with van der Waals surface area (Å²) in [6.45, 7) is 4.38. The molecular formula is C19H26N4O2S. The Morgan fingerprint density at radius 3 is 2.85 bits per heavy atom. The zero-order valence-electron chi connectivity index (χ0n) is 15.0.